The molecule has 3 rings (SSSR count). The molecule has 0 saturated carbocycles. The zero-order valence-corrected chi connectivity index (χ0v) is 15.3. The number of hydrogen-bond donors (Lipinski definition) is 0. The van der Waals surface area contributed by atoms with E-state index in [0.29, 0.717) is 10.9 Å². The van der Waals surface area contributed by atoms with Crippen molar-refractivity contribution in [3.63, 3.8) is 0 Å². The van der Waals surface area contributed by atoms with Crippen LogP contribution in [0.5, 0.6) is 11.6 Å². The Morgan fingerprint density at radius 2 is 1.81 bits per heavy atom. The number of benzene rings is 2. The van der Waals surface area contributed by atoms with Gasteiger partial charge in [0, 0.05) is 11.8 Å². The highest BCUT2D eigenvalue weighted by Crippen LogP contribution is 2.28. The van der Waals surface area contributed by atoms with Gasteiger partial charge in [-0.1, -0.05) is 49.9 Å². The lowest BCUT2D eigenvalue weighted by molar-refractivity contribution is 0.420. The first-order chi connectivity index (χ1) is 12.5. The molecule has 0 radical (unpaired) electrons. The second kappa shape index (κ2) is 8.27. The second-order valence-electron chi connectivity index (χ2n) is 6.02. The fourth-order valence-corrected chi connectivity index (χ4v) is 3.05. The normalized spacial score (nSPS) is 11.0. The highest BCUT2D eigenvalue weighted by atomic mass is 32.2. The van der Waals surface area contributed by atoms with E-state index in [0.717, 1.165) is 11.3 Å². The fraction of sp³-hybridized carbons (Fsp3) is 0.200. The van der Waals surface area contributed by atoms with Gasteiger partial charge in [0.15, 0.2) is 16.7 Å². The van der Waals surface area contributed by atoms with E-state index in [-0.39, 0.29) is 23.4 Å². The summed E-state index contributed by atoms with van der Waals surface area (Å²) < 4.78 is 32.8. The molecule has 1 aromatic heterocycles. The van der Waals surface area contributed by atoms with Gasteiger partial charge in [-0.05, 0) is 35.7 Å². The van der Waals surface area contributed by atoms with Gasteiger partial charge in [-0.2, -0.15) is 4.98 Å². The SMILES string of the molecule is CC(C)c1cc(Oc2ccccc2F)nc(SCc2cccc(F)c2)n1. The Morgan fingerprint density at radius 1 is 1.00 bits per heavy atom. The van der Waals surface area contributed by atoms with Crippen molar-refractivity contribution in [3.05, 3.63) is 77.5 Å². The Labute approximate surface area is 155 Å². The Balaban J connectivity index is 1.83. The van der Waals surface area contributed by atoms with Crippen molar-refractivity contribution in [1.82, 2.24) is 9.97 Å². The summed E-state index contributed by atoms with van der Waals surface area (Å²) in [6.45, 7) is 4.02. The van der Waals surface area contributed by atoms with Gasteiger partial charge in [0.1, 0.15) is 5.82 Å². The average molecular weight is 372 g/mol. The van der Waals surface area contributed by atoms with Crippen molar-refractivity contribution < 1.29 is 13.5 Å². The standard InChI is InChI=1S/C20H18F2N2OS/c1-13(2)17-11-19(25-18-9-4-3-8-16(18)22)24-20(23-17)26-12-14-6-5-7-15(21)10-14/h3-11,13H,12H2,1-2H3. The molecule has 0 spiro atoms. The number of halogens is 2. The van der Waals surface area contributed by atoms with Crippen molar-refractivity contribution in [3.8, 4) is 11.6 Å². The molecule has 6 heteroatoms. The van der Waals surface area contributed by atoms with E-state index < -0.39 is 5.82 Å². The monoisotopic (exact) mass is 372 g/mol. The first-order valence-electron chi connectivity index (χ1n) is 8.20. The fourth-order valence-electron chi connectivity index (χ4n) is 2.25. The molecule has 0 aliphatic rings. The van der Waals surface area contributed by atoms with E-state index in [1.54, 1.807) is 30.3 Å². The summed E-state index contributed by atoms with van der Waals surface area (Å²) in [5, 5.41) is 0.506. The average Bonchev–Trinajstić information content (AvgIpc) is 2.62. The largest absolute Gasteiger partial charge is 0.436 e. The Morgan fingerprint density at radius 3 is 2.54 bits per heavy atom. The van der Waals surface area contributed by atoms with Crippen LogP contribution in [0.1, 0.15) is 31.0 Å². The van der Waals surface area contributed by atoms with Crippen LogP contribution in [-0.4, -0.2) is 9.97 Å². The summed E-state index contributed by atoms with van der Waals surface area (Å²) >= 11 is 1.38. The summed E-state index contributed by atoms with van der Waals surface area (Å²) in [6.07, 6.45) is 0. The molecule has 2 aromatic carbocycles. The first kappa shape index (κ1) is 18.3. The third-order valence-corrected chi connectivity index (χ3v) is 4.52. The van der Waals surface area contributed by atoms with Gasteiger partial charge < -0.3 is 4.74 Å². The van der Waals surface area contributed by atoms with Gasteiger partial charge in [-0.15, -0.1) is 0 Å². The van der Waals surface area contributed by atoms with Crippen LogP contribution in [0.3, 0.4) is 0 Å². The molecule has 26 heavy (non-hydrogen) atoms. The Kier molecular flexibility index (Phi) is 5.83. The molecule has 3 nitrogen and oxygen atoms in total. The van der Waals surface area contributed by atoms with Crippen molar-refractivity contribution in [1.29, 1.82) is 0 Å². The molecule has 0 fully saturated rings. The number of hydrogen-bond acceptors (Lipinski definition) is 4. The molecule has 0 saturated heterocycles. The van der Waals surface area contributed by atoms with Crippen molar-refractivity contribution in [2.45, 2.75) is 30.7 Å². The van der Waals surface area contributed by atoms with Gasteiger partial charge >= 0.3 is 0 Å². The summed E-state index contributed by atoms with van der Waals surface area (Å²) in [4.78, 5) is 8.88. The van der Waals surface area contributed by atoms with Crippen molar-refractivity contribution >= 4 is 11.8 Å². The summed E-state index contributed by atoms with van der Waals surface area (Å²) in [5.41, 5.74) is 1.64. The molecule has 0 unspecified atom stereocenters. The van der Waals surface area contributed by atoms with Crippen molar-refractivity contribution in [2.24, 2.45) is 0 Å². The van der Waals surface area contributed by atoms with Crippen LogP contribution in [0, 0.1) is 11.6 Å². The van der Waals surface area contributed by atoms with Gasteiger partial charge in [0.2, 0.25) is 5.88 Å². The molecule has 0 atom stereocenters. The van der Waals surface area contributed by atoms with Crippen molar-refractivity contribution in [2.75, 3.05) is 0 Å². The molecular formula is C20H18F2N2OS. The zero-order valence-electron chi connectivity index (χ0n) is 14.4. The minimum absolute atomic E-state index is 0.113. The molecule has 0 aliphatic carbocycles. The molecular weight excluding hydrogens is 354 g/mol. The molecule has 134 valence electrons. The van der Waals surface area contributed by atoms with Crippen LogP contribution in [-0.2, 0) is 5.75 Å². The van der Waals surface area contributed by atoms with Crippen LogP contribution in [0.4, 0.5) is 8.78 Å². The quantitative estimate of drug-likeness (QED) is 0.395. The smallest absolute Gasteiger partial charge is 0.223 e. The maximum atomic E-state index is 13.8. The molecule has 0 N–H and O–H groups in total. The molecule has 0 bridgehead atoms. The highest BCUT2D eigenvalue weighted by Gasteiger charge is 2.12. The number of aromatic nitrogens is 2. The minimum Gasteiger partial charge on any atom is -0.436 e. The lowest BCUT2D eigenvalue weighted by atomic mass is 10.1. The zero-order chi connectivity index (χ0) is 18.5. The summed E-state index contributed by atoms with van der Waals surface area (Å²) in [5.74, 6) is 0.361. The van der Waals surface area contributed by atoms with Gasteiger partial charge in [0.25, 0.3) is 0 Å². The number of para-hydroxylation sites is 1. The Bertz CT molecular complexity index is 902. The third-order valence-electron chi connectivity index (χ3n) is 3.60. The lowest BCUT2D eigenvalue weighted by Gasteiger charge is -2.11. The third kappa shape index (κ3) is 4.79. The predicted octanol–water partition coefficient (Wildman–Crippen LogP) is 5.96. The van der Waals surface area contributed by atoms with E-state index in [9.17, 15) is 8.78 Å². The Hall–Kier alpha value is -2.47. The van der Waals surface area contributed by atoms with Gasteiger partial charge in [-0.3, -0.25) is 0 Å². The number of thioether (sulfide) groups is 1. The van der Waals surface area contributed by atoms with Crippen LogP contribution in [0.2, 0.25) is 0 Å². The maximum Gasteiger partial charge on any atom is 0.223 e. The second-order valence-corrected chi connectivity index (χ2v) is 6.96. The van der Waals surface area contributed by atoms with Crippen LogP contribution in [0.25, 0.3) is 0 Å². The summed E-state index contributed by atoms with van der Waals surface area (Å²) in [7, 11) is 0. The molecule has 1 heterocycles. The van der Waals surface area contributed by atoms with Crippen LogP contribution < -0.4 is 4.74 Å². The highest BCUT2D eigenvalue weighted by molar-refractivity contribution is 7.98. The molecule has 3 aromatic rings. The van der Waals surface area contributed by atoms with E-state index in [2.05, 4.69) is 9.97 Å². The number of nitrogens with zero attached hydrogens (tertiary/aromatic N) is 2. The van der Waals surface area contributed by atoms with Crippen LogP contribution >= 0.6 is 11.8 Å². The predicted molar refractivity (Wildman–Crippen MR) is 98.6 cm³/mol. The molecule has 0 amide bonds. The minimum atomic E-state index is -0.453. The topological polar surface area (TPSA) is 35.0 Å². The van der Waals surface area contributed by atoms with E-state index in [1.807, 2.05) is 19.9 Å². The lowest BCUT2D eigenvalue weighted by Crippen LogP contribution is -2.00. The summed E-state index contributed by atoms with van der Waals surface area (Å²) in [6, 6.07) is 14.3. The van der Waals surface area contributed by atoms with Gasteiger partial charge in [0.05, 0.1) is 5.69 Å². The molecule has 0 aliphatic heterocycles. The van der Waals surface area contributed by atoms with Gasteiger partial charge in [-0.25, -0.2) is 13.8 Å². The van der Waals surface area contributed by atoms with E-state index in [4.69, 9.17) is 4.74 Å². The number of ether oxygens (including phenoxy) is 1. The number of rotatable bonds is 6. The van der Waals surface area contributed by atoms with E-state index >= 15 is 0 Å². The van der Waals surface area contributed by atoms with Crippen LogP contribution in [0.15, 0.2) is 59.8 Å². The first-order valence-corrected chi connectivity index (χ1v) is 9.18. The van der Waals surface area contributed by atoms with E-state index in [1.165, 1.54) is 30.0 Å². The maximum absolute atomic E-state index is 13.8.